The van der Waals surface area contributed by atoms with Crippen LogP contribution in [0.1, 0.15) is 21.7 Å². The molecule has 29 heavy (non-hydrogen) atoms. The Labute approximate surface area is 181 Å². The van der Waals surface area contributed by atoms with Gasteiger partial charge in [0.05, 0.1) is 15.6 Å². The zero-order valence-electron chi connectivity index (χ0n) is 15.9. The van der Waals surface area contributed by atoms with Crippen molar-refractivity contribution >= 4 is 62.7 Å². The highest BCUT2D eigenvalue weighted by Gasteiger charge is 2.22. The molecule has 2 aromatic heterocycles. The molecule has 0 radical (unpaired) electrons. The fraction of sp³-hybridized carbons (Fsp3) is 0.263. The van der Waals surface area contributed by atoms with Gasteiger partial charge in [-0.1, -0.05) is 23.7 Å². The molecule has 7 nitrogen and oxygen atoms in total. The lowest BCUT2D eigenvalue weighted by atomic mass is 10.1. The summed E-state index contributed by atoms with van der Waals surface area (Å²) >= 11 is 9.16. The lowest BCUT2D eigenvalue weighted by Crippen LogP contribution is -2.44. The van der Waals surface area contributed by atoms with Gasteiger partial charge in [-0.2, -0.15) is 11.8 Å². The second kappa shape index (κ2) is 8.98. The fourth-order valence-electron chi connectivity index (χ4n) is 2.82. The van der Waals surface area contributed by atoms with Crippen molar-refractivity contribution in [1.29, 1.82) is 0 Å². The van der Waals surface area contributed by atoms with E-state index in [2.05, 4.69) is 15.3 Å². The van der Waals surface area contributed by atoms with Crippen LogP contribution in [0.25, 0.3) is 21.5 Å². The number of halogens is 1. The third-order valence-corrected chi connectivity index (χ3v) is 6.26. The van der Waals surface area contributed by atoms with E-state index in [1.165, 1.54) is 11.3 Å². The first-order valence-corrected chi connectivity index (χ1v) is 11.3. The first-order valence-electron chi connectivity index (χ1n) is 8.73. The van der Waals surface area contributed by atoms with Gasteiger partial charge in [-0.05, 0) is 43.0 Å². The second-order valence-electron chi connectivity index (χ2n) is 6.45. The molecule has 0 saturated carbocycles. The van der Waals surface area contributed by atoms with E-state index in [4.69, 9.17) is 23.1 Å². The summed E-state index contributed by atoms with van der Waals surface area (Å²) < 4.78 is 0. The lowest BCUT2D eigenvalue weighted by Gasteiger charge is -2.13. The van der Waals surface area contributed by atoms with E-state index in [0.717, 1.165) is 5.56 Å². The van der Waals surface area contributed by atoms with Crippen LogP contribution in [0, 0.1) is 6.92 Å². The number of hydrogen-bond acceptors (Lipinski definition) is 7. The number of nitrogens with zero attached hydrogens (tertiary/aromatic N) is 2. The average Bonchev–Trinajstić information content (AvgIpc) is 3.08. The number of amides is 2. The molecule has 1 unspecified atom stereocenters. The molecule has 2 amide bonds. The second-order valence-corrected chi connectivity index (χ2v) is 8.88. The number of carbonyl (C=O) groups excluding carboxylic acids is 2. The Kier molecular flexibility index (Phi) is 6.61. The summed E-state index contributed by atoms with van der Waals surface area (Å²) in [6, 6.07) is 6.58. The molecule has 0 bridgehead atoms. The monoisotopic (exact) mass is 449 g/mol. The normalized spacial score (nSPS) is 12.1. The van der Waals surface area contributed by atoms with Crippen LogP contribution < -0.4 is 16.8 Å². The number of primary amides is 1. The number of benzene rings is 1. The maximum atomic E-state index is 12.7. The molecule has 0 fully saturated rings. The number of fused-ring (bicyclic) bond motifs is 1. The van der Waals surface area contributed by atoms with E-state index in [1.54, 1.807) is 17.8 Å². The van der Waals surface area contributed by atoms with Crippen molar-refractivity contribution in [2.24, 2.45) is 5.73 Å². The van der Waals surface area contributed by atoms with Crippen molar-refractivity contribution in [1.82, 2.24) is 15.3 Å². The molecule has 10 heteroatoms. The maximum absolute atomic E-state index is 12.7. The van der Waals surface area contributed by atoms with E-state index in [1.807, 2.05) is 31.4 Å². The van der Waals surface area contributed by atoms with Crippen LogP contribution in [-0.2, 0) is 4.79 Å². The van der Waals surface area contributed by atoms with Crippen LogP contribution in [0.2, 0.25) is 5.02 Å². The van der Waals surface area contributed by atoms with Gasteiger partial charge in [0.1, 0.15) is 10.9 Å². The third-order valence-electron chi connectivity index (χ3n) is 4.27. The van der Waals surface area contributed by atoms with Gasteiger partial charge in [0.15, 0.2) is 0 Å². The Morgan fingerprint density at radius 1 is 1.31 bits per heavy atom. The van der Waals surface area contributed by atoms with Crippen molar-refractivity contribution < 1.29 is 9.59 Å². The number of aromatic nitrogens is 2. The molecule has 0 aliphatic rings. The van der Waals surface area contributed by atoms with Crippen LogP contribution >= 0.6 is 34.7 Å². The van der Waals surface area contributed by atoms with Gasteiger partial charge in [0.2, 0.25) is 11.9 Å². The smallest absolute Gasteiger partial charge is 0.262 e. The van der Waals surface area contributed by atoms with Gasteiger partial charge < -0.3 is 16.8 Å². The summed E-state index contributed by atoms with van der Waals surface area (Å²) in [5.74, 6) is -0.159. The molecule has 152 valence electrons. The van der Waals surface area contributed by atoms with Crippen LogP contribution in [0.5, 0.6) is 0 Å². The van der Waals surface area contributed by atoms with Crippen molar-refractivity contribution in [3.8, 4) is 11.3 Å². The lowest BCUT2D eigenvalue weighted by molar-refractivity contribution is -0.119. The Hall–Kier alpha value is -2.36. The number of hydrogen-bond donors (Lipinski definition) is 3. The van der Waals surface area contributed by atoms with Gasteiger partial charge in [0.25, 0.3) is 5.91 Å². The zero-order valence-corrected chi connectivity index (χ0v) is 18.2. The molecular weight excluding hydrogens is 430 g/mol. The number of nitrogens with two attached hydrogens (primary N) is 2. The van der Waals surface area contributed by atoms with E-state index >= 15 is 0 Å². The molecule has 0 spiro atoms. The number of nitrogens with one attached hydrogen (secondary N) is 1. The summed E-state index contributed by atoms with van der Waals surface area (Å²) in [5, 5.41) is 3.90. The zero-order chi connectivity index (χ0) is 21.1. The highest BCUT2D eigenvalue weighted by Crippen LogP contribution is 2.36. The highest BCUT2D eigenvalue weighted by molar-refractivity contribution is 7.98. The van der Waals surface area contributed by atoms with E-state index in [0.29, 0.717) is 43.5 Å². The van der Waals surface area contributed by atoms with Gasteiger partial charge in [-0.25, -0.2) is 9.97 Å². The highest BCUT2D eigenvalue weighted by atomic mass is 35.5. The van der Waals surface area contributed by atoms with Gasteiger partial charge >= 0.3 is 0 Å². The molecule has 2 heterocycles. The topological polar surface area (TPSA) is 124 Å². The van der Waals surface area contributed by atoms with Crippen LogP contribution in [-0.4, -0.2) is 39.8 Å². The molecule has 1 aromatic carbocycles. The van der Waals surface area contributed by atoms with Gasteiger partial charge in [-0.15, -0.1) is 11.3 Å². The molecular formula is C19H20ClN5O2S2. The number of nitrogen functional groups attached to an aromatic ring is 1. The van der Waals surface area contributed by atoms with Crippen LogP contribution in [0.3, 0.4) is 0 Å². The van der Waals surface area contributed by atoms with Crippen molar-refractivity contribution in [3.05, 3.63) is 39.7 Å². The Bertz CT molecular complexity index is 1090. The van der Waals surface area contributed by atoms with E-state index in [-0.39, 0.29) is 5.95 Å². The van der Waals surface area contributed by atoms with Crippen molar-refractivity contribution in [3.63, 3.8) is 0 Å². The number of aryl methyl sites for hydroxylation is 1. The molecule has 0 saturated heterocycles. The molecule has 3 aromatic rings. The minimum absolute atomic E-state index is 0.0907. The summed E-state index contributed by atoms with van der Waals surface area (Å²) in [7, 11) is 0. The first kappa shape index (κ1) is 21.4. The Morgan fingerprint density at radius 3 is 2.72 bits per heavy atom. The number of rotatable bonds is 7. The summed E-state index contributed by atoms with van der Waals surface area (Å²) in [6.07, 6.45) is 2.39. The molecule has 0 aliphatic carbocycles. The summed E-state index contributed by atoms with van der Waals surface area (Å²) in [4.78, 5) is 33.9. The van der Waals surface area contributed by atoms with E-state index < -0.39 is 17.9 Å². The van der Waals surface area contributed by atoms with Crippen molar-refractivity contribution in [2.45, 2.75) is 19.4 Å². The predicted octanol–water partition coefficient (Wildman–Crippen LogP) is 3.24. The number of thiophene rings is 1. The number of thioether (sulfide) groups is 1. The number of anilines is 1. The minimum atomic E-state index is -0.734. The fourth-order valence-corrected chi connectivity index (χ4v) is 4.56. The van der Waals surface area contributed by atoms with Gasteiger partial charge in [0, 0.05) is 10.9 Å². The summed E-state index contributed by atoms with van der Waals surface area (Å²) in [6.45, 7) is 1.94. The van der Waals surface area contributed by atoms with Crippen LogP contribution in [0.15, 0.2) is 24.3 Å². The molecule has 0 aliphatic heterocycles. The quantitative estimate of drug-likeness (QED) is 0.508. The Balaban J connectivity index is 1.99. The van der Waals surface area contributed by atoms with E-state index in [9.17, 15) is 9.59 Å². The largest absolute Gasteiger partial charge is 0.368 e. The molecule has 5 N–H and O–H groups in total. The minimum Gasteiger partial charge on any atom is -0.368 e. The SMILES string of the molecule is CSCCC(NC(=O)c1cc2c(-c3ccc(C)cc3Cl)nc(N)nc2s1)C(N)=O. The standard InChI is InChI=1S/C19H20ClN5O2S2/c1-9-3-4-10(12(20)7-9)15-11-8-14(29-18(11)25-19(22)24-15)17(27)23-13(16(21)26)5-6-28-2/h3-4,7-8,13H,5-6H2,1-2H3,(H2,21,26)(H,23,27)(H2,22,24,25). The predicted molar refractivity (Wildman–Crippen MR) is 120 cm³/mol. The Morgan fingerprint density at radius 2 is 2.07 bits per heavy atom. The van der Waals surface area contributed by atoms with Crippen molar-refractivity contribution in [2.75, 3.05) is 17.7 Å². The number of carbonyl (C=O) groups is 2. The average molecular weight is 450 g/mol. The molecule has 1 atom stereocenters. The molecule has 3 rings (SSSR count). The van der Waals surface area contributed by atoms with Crippen LogP contribution in [0.4, 0.5) is 5.95 Å². The first-order chi connectivity index (χ1) is 13.8. The third kappa shape index (κ3) is 4.80. The maximum Gasteiger partial charge on any atom is 0.262 e. The summed E-state index contributed by atoms with van der Waals surface area (Å²) in [5.41, 5.74) is 13.6. The van der Waals surface area contributed by atoms with Gasteiger partial charge in [-0.3, -0.25) is 9.59 Å².